The number of hydrogen-bond acceptors (Lipinski definition) is 10. The standard InChI is InChI=1S/C24H33N5O8/c1-17(2)21(30)34-13-10-25-23(32)36-15-12-29(5)28-27-20-8-6-19(7-9-20)16-37-24(33)26-11-14-35-22(31)18(3)4/h6-9H,1,3,10-16H2,2,4-5H3,(H,25,32)(H,26,33)/b28-27+. The Morgan fingerprint density at radius 3 is 1.84 bits per heavy atom. The van der Waals surface area contributed by atoms with E-state index in [-0.39, 0.29) is 50.7 Å². The van der Waals surface area contributed by atoms with Crippen LogP contribution in [0.4, 0.5) is 15.3 Å². The second kappa shape index (κ2) is 17.1. The van der Waals surface area contributed by atoms with Crippen molar-refractivity contribution in [2.45, 2.75) is 20.5 Å². The van der Waals surface area contributed by atoms with Gasteiger partial charge < -0.3 is 29.6 Å². The fourth-order valence-corrected chi connectivity index (χ4v) is 2.19. The Labute approximate surface area is 215 Å². The van der Waals surface area contributed by atoms with Crippen LogP contribution in [0.3, 0.4) is 0 Å². The van der Waals surface area contributed by atoms with Crippen molar-refractivity contribution in [3.05, 3.63) is 54.1 Å². The largest absolute Gasteiger partial charge is 0.460 e. The molecule has 0 spiro atoms. The quantitative estimate of drug-likeness (QED) is 0.0888. The van der Waals surface area contributed by atoms with Crippen molar-refractivity contribution in [3.8, 4) is 0 Å². The van der Waals surface area contributed by atoms with E-state index in [2.05, 4.69) is 34.1 Å². The predicted molar refractivity (Wildman–Crippen MR) is 133 cm³/mol. The number of nitrogens with one attached hydrogen (secondary N) is 2. The molecule has 2 amide bonds. The zero-order valence-electron chi connectivity index (χ0n) is 21.3. The van der Waals surface area contributed by atoms with E-state index in [0.717, 1.165) is 5.56 Å². The number of ether oxygens (including phenoxy) is 4. The molecule has 13 nitrogen and oxygen atoms in total. The van der Waals surface area contributed by atoms with Gasteiger partial charge in [-0.15, -0.1) is 5.11 Å². The third-order valence-electron chi connectivity index (χ3n) is 4.17. The number of hydrogen-bond donors (Lipinski definition) is 2. The first-order valence-corrected chi connectivity index (χ1v) is 11.3. The summed E-state index contributed by atoms with van der Waals surface area (Å²) < 4.78 is 19.8. The molecule has 0 bridgehead atoms. The van der Waals surface area contributed by atoms with Crippen LogP contribution in [0.25, 0.3) is 0 Å². The Balaban J connectivity index is 2.22. The lowest BCUT2D eigenvalue weighted by atomic mass is 10.2. The van der Waals surface area contributed by atoms with Gasteiger partial charge in [-0.25, -0.2) is 19.2 Å². The van der Waals surface area contributed by atoms with Gasteiger partial charge in [0.1, 0.15) is 26.4 Å². The lowest BCUT2D eigenvalue weighted by molar-refractivity contribution is -0.139. The molecule has 0 saturated heterocycles. The highest BCUT2D eigenvalue weighted by molar-refractivity contribution is 5.87. The Morgan fingerprint density at radius 1 is 0.811 bits per heavy atom. The van der Waals surface area contributed by atoms with E-state index in [1.807, 2.05) is 0 Å². The minimum Gasteiger partial charge on any atom is -0.460 e. The topological polar surface area (TPSA) is 157 Å². The van der Waals surface area contributed by atoms with Crippen LogP contribution >= 0.6 is 0 Å². The number of benzene rings is 1. The summed E-state index contributed by atoms with van der Waals surface area (Å²) >= 11 is 0. The van der Waals surface area contributed by atoms with Gasteiger partial charge in [0.25, 0.3) is 0 Å². The maximum atomic E-state index is 11.7. The Kier molecular flexibility index (Phi) is 14.1. The van der Waals surface area contributed by atoms with Crippen molar-refractivity contribution in [2.75, 3.05) is 46.5 Å². The molecule has 0 aliphatic carbocycles. The summed E-state index contributed by atoms with van der Waals surface area (Å²) in [7, 11) is 1.67. The van der Waals surface area contributed by atoms with Gasteiger partial charge in [0, 0.05) is 18.2 Å². The second-order valence-electron chi connectivity index (χ2n) is 7.64. The molecule has 0 radical (unpaired) electrons. The highest BCUT2D eigenvalue weighted by Gasteiger charge is 2.07. The van der Waals surface area contributed by atoms with Crippen LogP contribution in [0, 0.1) is 0 Å². The van der Waals surface area contributed by atoms with Crippen molar-refractivity contribution in [2.24, 2.45) is 10.3 Å². The highest BCUT2D eigenvalue weighted by Crippen LogP contribution is 2.14. The van der Waals surface area contributed by atoms with E-state index >= 15 is 0 Å². The Morgan fingerprint density at radius 2 is 1.32 bits per heavy atom. The first-order chi connectivity index (χ1) is 17.6. The summed E-state index contributed by atoms with van der Waals surface area (Å²) in [6.45, 7) is 10.7. The fraction of sp³-hybridized carbons (Fsp3) is 0.417. The third-order valence-corrected chi connectivity index (χ3v) is 4.17. The molecule has 0 aliphatic rings. The molecule has 0 aromatic heterocycles. The Bertz CT molecular complexity index is 978. The lowest BCUT2D eigenvalue weighted by Crippen LogP contribution is -2.30. The predicted octanol–water partition coefficient (Wildman–Crippen LogP) is 2.81. The first-order valence-electron chi connectivity index (χ1n) is 11.3. The molecular formula is C24H33N5O8. The van der Waals surface area contributed by atoms with Crippen LogP contribution < -0.4 is 10.6 Å². The van der Waals surface area contributed by atoms with Gasteiger partial charge in [0.2, 0.25) is 0 Å². The summed E-state index contributed by atoms with van der Waals surface area (Å²) in [5.74, 6) is -1.04. The van der Waals surface area contributed by atoms with Gasteiger partial charge in [-0.1, -0.05) is 30.5 Å². The zero-order valence-corrected chi connectivity index (χ0v) is 21.3. The average Bonchev–Trinajstić information content (AvgIpc) is 2.86. The van der Waals surface area contributed by atoms with Gasteiger partial charge in [0.15, 0.2) is 0 Å². The SMILES string of the molecule is C=C(C)C(=O)OCCNC(=O)OCCN(C)/N=N/c1ccc(COC(=O)NCCOC(=O)C(=C)C)cc1. The molecule has 0 heterocycles. The van der Waals surface area contributed by atoms with Crippen molar-refractivity contribution in [1.29, 1.82) is 0 Å². The van der Waals surface area contributed by atoms with E-state index in [1.165, 1.54) is 18.9 Å². The van der Waals surface area contributed by atoms with Gasteiger partial charge in [-0.05, 0) is 31.5 Å². The molecule has 1 rings (SSSR count). The number of nitrogens with zero attached hydrogens (tertiary/aromatic N) is 3. The molecule has 0 unspecified atom stereocenters. The average molecular weight is 520 g/mol. The molecule has 13 heteroatoms. The molecule has 37 heavy (non-hydrogen) atoms. The summed E-state index contributed by atoms with van der Waals surface area (Å²) in [5, 5.41) is 14.5. The molecule has 0 atom stereocenters. The van der Waals surface area contributed by atoms with E-state index < -0.39 is 24.1 Å². The van der Waals surface area contributed by atoms with E-state index in [9.17, 15) is 19.2 Å². The monoisotopic (exact) mass is 519 g/mol. The molecule has 202 valence electrons. The van der Waals surface area contributed by atoms with Crippen LogP contribution in [-0.2, 0) is 35.1 Å². The fourth-order valence-electron chi connectivity index (χ4n) is 2.19. The van der Waals surface area contributed by atoms with Crippen LogP contribution in [0.1, 0.15) is 19.4 Å². The normalized spacial score (nSPS) is 10.2. The summed E-state index contributed by atoms with van der Waals surface area (Å²) in [6, 6.07) is 6.87. The minimum absolute atomic E-state index is 0.0157. The summed E-state index contributed by atoms with van der Waals surface area (Å²) in [5.41, 5.74) is 1.87. The van der Waals surface area contributed by atoms with Crippen molar-refractivity contribution in [3.63, 3.8) is 0 Å². The second-order valence-corrected chi connectivity index (χ2v) is 7.64. The molecular weight excluding hydrogens is 486 g/mol. The van der Waals surface area contributed by atoms with Crippen LogP contribution in [-0.4, -0.2) is 75.6 Å². The maximum absolute atomic E-state index is 11.7. The Hall–Kier alpha value is -4.42. The molecule has 0 aliphatic heterocycles. The van der Waals surface area contributed by atoms with E-state index in [1.54, 1.807) is 31.3 Å². The molecule has 0 fully saturated rings. The third kappa shape index (κ3) is 14.5. The number of alkyl carbamates (subject to hydrolysis) is 2. The van der Waals surface area contributed by atoms with Gasteiger partial charge in [0.05, 0.1) is 25.3 Å². The smallest absolute Gasteiger partial charge is 0.407 e. The van der Waals surface area contributed by atoms with Gasteiger partial charge >= 0.3 is 24.1 Å². The first kappa shape index (κ1) is 30.6. The van der Waals surface area contributed by atoms with Crippen LogP contribution in [0.15, 0.2) is 58.9 Å². The number of carbonyl (C=O) groups excluding carboxylic acids is 4. The van der Waals surface area contributed by atoms with Gasteiger partial charge in [-0.3, -0.25) is 5.01 Å². The number of rotatable bonds is 15. The maximum Gasteiger partial charge on any atom is 0.407 e. The highest BCUT2D eigenvalue weighted by atomic mass is 16.6. The molecule has 1 aromatic carbocycles. The molecule has 0 saturated carbocycles. The van der Waals surface area contributed by atoms with Gasteiger partial charge in [-0.2, -0.15) is 0 Å². The lowest BCUT2D eigenvalue weighted by Gasteiger charge is -2.12. The zero-order chi connectivity index (χ0) is 27.6. The summed E-state index contributed by atoms with van der Waals surface area (Å²) in [6.07, 6.45) is -1.28. The van der Waals surface area contributed by atoms with Crippen molar-refractivity contribution >= 4 is 29.8 Å². The number of carbonyl (C=O) groups is 4. The number of esters is 2. The number of likely N-dealkylation sites (N-methyl/N-ethyl adjacent to an activating group) is 1. The number of amides is 2. The molecule has 1 aromatic rings. The van der Waals surface area contributed by atoms with E-state index in [0.29, 0.717) is 12.2 Å². The van der Waals surface area contributed by atoms with Crippen LogP contribution in [0.5, 0.6) is 0 Å². The summed E-state index contributed by atoms with van der Waals surface area (Å²) in [4.78, 5) is 45.7. The minimum atomic E-state index is -0.644. The van der Waals surface area contributed by atoms with Crippen molar-refractivity contribution in [1.82, 2.24) is 15.6 Å². The van der Waals surface area contributed by atoms with Crippen LogP contribution in [0.2, 0.25) is 0 Å². The van der Waals surface area contributed by atoms with E-state index in [4.69, 9.17) is 18.9 Å². The molecule has 2 N–H and O–H groups in total. The van der Waals surface area contributed by atoms with Crippen molar-refractivity contribution < 1.29 is 38.1 Å².